The minimum absolute atomic E-state index is 0. The lowest BCUT2D eigenvalue weighted by atomic mass is 10.2. The number of hydrogen-bond donors (Lipinski definition) is 2. The molecule has 1 aromatic carbocycles. The van der Waals surface area contributed by atoms with Gasteiger partial charge in [0.2, 0.25) is 0 Å². The van der Waals surface area contributed by atoms with Gasteiger partial charge in [-0.1, -0.05) is 12.1 Å². The van der Waals surface area contributed by atoms with E-state index in [0.29, 0.717) is 29.7 Å². The monoisotopic (exact) mass is 534 g/mol. The molecule has 9 heteroatoms. The number of aryl methyl sites for hydroxylation is 1. The van der Waals surface area contributed by atoms with E-state index in [-0.39, 0.29) is 36.0 Å². The van der Waals surface area contributed by atoms with Crippen LogP contribution in [0, 0.1) is 6.92 Å². The van der Waals surface area contributed by atoms with Gasteiger partial charge in [-0.05, 0) is 44.7 Å². The second kappa shape index (κ2) is 12.3. The summed E-state index contributed by atoms with van der Waals surface area (Å²) in [7, 11) is 1.73. The van der Waals surface area contributed by atoms with Crippen molar-refractivity contribution in [3.63, 3.8) is 0 Å². The lowest BCUT2D eigenvalue weighted by Crippen LogP contribution is -2.38. The van der Waals surface area contributed by atoms with Crippen LogP contribution in [-0.2, 0) is 11.3 Å². The first kappa shape index (κ1) is 24.7. The van der Waals surface area contributed by atoms with E-state index in [9.17, 15) is 4.79 Å². The first-order valence-corrected chi connectivity index (χ1v) is 10.8. The molecule has 2 N–H and O–H groups in total. The molecular weight excluding hydrogens is 507 g/mol. The van der Waals surface area contributed by atoms with Crippen LogP contribution in [0.2, 0.25) is 0 Å². The summed E-state index contributed by atoms with van der Waals surface area (Å²) in [6.07, 6.45) is 2.06. The van der Waals surface area contributed by atoms with Gasteiger partial charge in [-0.2, -0.15) is 0 Å². The standard InChI is InChI=1S/C19H26N4O2S2.HI/c1-6-25-18(24)16-12(2)22-17(27-16)13(3)23-19(20-4)21-11-14-7-9-15(26-5)10-8-14;/h7-10,13H,6,11H2,1-5H3,(H2,20,21,23);1H. The Morgan fingerprint density at radius 3 is 2.61 bits per heavy atom. The van der Waals surface area contributed by atoms with E-state index >= 15 is 0 Å². The number of halogens is 1. The maximum atomic E-state index is 12.0. The summed E-state index contributed by atoms with van der Waals surface area (Å²) in [5, 5.41) is 7.45. The smallest absolute Gasteiger partial charge is 0.350 e. The Bertz CT molecular complexity index is 794. The minimum Gasteiger partial charge on any atom is -0.462 e. The number of carbonyl (C=O) groups is 1. The number of nitrogens with one attached hydrogen (secondary N) is 2. The molecule has 0 bridgehead atoms. The molecule has 28 heavy (non-hydrogen) atoms. The lowest BCUT2D eigenvalue weighted by molar-refractivity contribution is 0.0531. The van der Waals surface area contributed by atoms with E-state index in [4.69, 9.17) is 4.74 Å². The number of guanidine groups is 1. The minimum atomic E-state index is -0.317. The van der Waals surface area contributed by atoms with Gasteiger partial charge in [0.05, 0.1) is 18.3 Å². The Balaban J connectivity index is 0.00000392. The zero-order chi connectivity index (χ0) is 19.8. The molecule has 154 valence electrons. The lowest BCUT2D eigenvalue weighted by Gasteiger charge is -2.16. The molecule has 1 aromatic heterocycles. The molecule has 6 nitrogen and oxygen atoms in total. The van der Waals surface area contributed by atoms with Crippen LogP contribution in [-0.4, -0.2) is 36.8 Å². The Labute approximate surface area is 192 Å². The number of hydrogen-bond acceptors (Lipinski definition) is 6. The van der Waals surface area contributed by atoms with Crippen LogP contribution in [0.15, 0.2) is 34.2 Å². The topological polar surface area (TPSA) is 75.6 Å². The first-order chi connectivity index (χ1) is 13.0. The number of aromatic nitrogens is 1. The number of aliphatic imine (C=N–C) groups is 1. The highest BCUT2D eigenvalue weighted by molar-refractivity contribution is 14.0. The van der Waals surface area contributed by atoms with Crippen molar-refractivity contribution in [3.8, 4) is 0 Å². The summed E-state index contributed by atoms with van der Waals surface area (Å²) in [6.45, 7) is 6.64. The normalized spacial score (nSPS) is 12.1. The van der Waals surface area contributed by atoms with Crippen molar-refractivity contribution in [2.75, 3.05) is 19.9 Å². The maximum Gasteiger partial charge on any atom is 0.350 e. The quantitative estimate of drug-likeness (QED) is 0.181. The Kier molecular flexibility index (Phi) is 10.8. The molecule has 0 aliphatic rings. The molecular formula is C19H27IN4O2S2. The van der Waals surface area contributed by atoms with E-state index in [2.05, 4.69) is 51.1 Å². The molecule has 0 aliphatic carbocycles. The molecule has 1 atom stereocenters. The summed E-state index contributed by atoms with van der Waals surface area (Å²) >= 11 is 3.08. The van der Waals surface area contributed by atoms with Gasteiger partial charge in [-0.25, -0.2) is 9.78 Å². The third-order valence-corrected chi connectivity index (χ3v) is 5.90. The summed E-state index contributed by atoms with van der Waals surface area (Å²) in [4.78, 5) is 22.6. The fourth-order valence-electron chi connectivity index (χ4n) is 2.38. The van der Waals surface area contributed by atoms with Gasteiger partial charge in [0.1, 0.15) is 9.88 Å². The molecule has 0 fully saturated rings. The van der Waals surface area contributed by atoms with Gasteiger partial charge in [0.15, 0.2) is 5.96 Å². The SMILES string of the molecule is CCOC(=O)c1sc(C(C)NC(=NC)NCc2ccc(SC)cc2)nc1C.I. The molecule has 2 aromatic rings. The predicted molar refractivity (Wildman–Crippen MR) is 128 cm³/mol. The summed E-state index contributed by atoms with van der Waals surface area (Å²) in [6, 6.07) is 8.34. The Morgan fingerprint density at radius 1 is 1.36 bits per heavy atom. The van der Waals surface area contributed by atoms with Gasteiger partial charge in [-0.3, -0.25) is 4.99 Å². The van der Waals surface area contributed by atoms with Crippen LogP contribution in [0.5, 0.6) is 0 Å². The summed E-state index contributed by atoms with van der Waals surface area (Å²) in [5.74, 6) is 0.365. The molecule has 2 rings (SSSR count). The van der Waals surface area contributed by atoms with E-state index in [1.807, 2.05) is 13.8 Å². The highest BCUT2D eigenvalue weighted by Crippen LogP contribution is 2.24. The van der Waals surface area contributed by atoms with Crippen LogP contribution in [0.4, 0.5) is 0 Å². The molecule has 0 saturated carbocycles. The van der Waals surface area contributed by atoms with Gasteiger partial charge in [0.25, 0.3) is 0 Å². The van der Waals surface area contributed by atoms with Crippen molar-refractivity contribution >= 4 is 59.0 Å². The molecule has 0 spiro atoms. The zero-order valence-electron chi connectivity index (χ0n) is 16.7. The molecule has 1 heterocycles. The fourth-order valence-corrected chi connectivity index (χ4v) is 3.75. The second-order valence-electron chi connectivity index (χ2n) is 5.83. The van der Waals surface area contributed by atoms with E-state index < -0.39 is 0 Å². The van der Waals surface area contributed by atoms with Gasteiger partial charge in [-0.15, -0.1) is 47.1 Å². The summed E-state index contributed by atoms with van der Waals surface area (Å²) < 4.78 is 5.08. The van der Waals surface area contributed by atoms with E-state index in [1.54, 1.807) is 25.7 Å². The first-order valence-electron chi connectivity index (χ1n) is 8.73. The number of nitrogens with zero attached hydrogens (tertiary/aromatic N) is 2. The average Bonchev–Trinajstić information content (AvgIpc) is 3.07. The highest BCUT2D eigenvalue weighted by atomic mass is 127. The van der Waals surface area contributed by atoms with Crippen molar-refractivity contribution in [1.29, 1.82) is 0 Å². The zero-order valence-corrected chi connectivity index (χ0v) is 20.7. The van der Waals surface area contributed by atoms with Gasteiger partial charge in [0, 0.05) is 18.5 Å². The molecule has 0 radical (unpaired) electrons. The van der Waals surface area contributed by atoms with Crippen molar-refractivity contribution in [1.82, 2.24) is 15.6 Å². The summed E-state index contributed by atoms with van der Waals surface area (Å²) in [5.41, 5.74) is 1.87. The number of rotatable bonds is 7. The van der Waals surface area contributed by atoms with Crippen LogP contribution in [0.1, 0.15) is 45.8 Å². The average molecular weight is 534 g/mol. The van der Waals surface area contributed by atoms with Crippen molar-refractivity contribution in [3.05, 3.63) is 45.4 Å². The Hall–Kier alpha value is -1.33. The molecule has 0 saturated heterocycles. The molecule has 1 unspecified atom stereocenters. The van der Waals surface area contributed by atoms with Crippen LogP contribution in [0.3, 0.4) is 0 Å². The number of thioether (sulfide) groups is 1. The van der Waals surface area contributed by atoms with Crippen molar-refractivity contribution in [2.45, 2.75) is 38.3 Å². The van der Waals surface area contributed by atoms with Crippen LogP contribution in [0.25, 0.3) is 0 Å². The maximum absolute atomic E-state index is 12.0. The van der Waals surface area contributed by atoms with E-state index in [1.165, 1.54) is 21.8 Å². The number of benzene rings is 1. The molecule has 0 aliphatic heterocycles. The Morgan fingerprint density at radius 2 is 2.04 bits per heavy atom. The third kappa shape index (κ3) is 6.93. The third-order valence-electron chi connectivity index (χ3n) is 3.84. The van der Waals surface area contributed by atoms with Crippen molar-refractivity contribution < 1.29 is 9.53 Å². The number of esters is 1. The number of carbonyl (C=O) groups excluding carboxylic acids is 1. The fraction of sp³-hybridized carbons (Fsp3) is 0.421. The predicted octanol–water partition coefficient (Wildman–Crippen LogP) is 4.39. The van der Waals surface area contributed by atoms with Crippen LogP contribution < -0.4 is 10.6 Å². The highest BCUT2D eigenvalue weighted by Gasteiger charge is 2.20. The van der Waals surface area contributed by atoms with Crippen molar-refractivity contribution in [2.24, 2.45) is 4.99 Å². The van der Waals surface area contributed by atoms with Gasteiger partial charge < -0.3 is 15.4 Å². The number of ether oxygens (including phenoxy) is 1. The van der Waals surface area contributed by atoms with E-state index in [0.717, 1.165) is 5.01 Å². The number of thiazole rings is 1. The second-order valence-corrected chi connectivity index (χ2v) is 7.74. The molecule has 0 amide bonds. The van der Waals surface area contributed by atoms with Crippen LogP contribution >= 0.6 is 47.1 Å². The largest absolute Gasteiger partial charge is 0.462 e. The van der Waals surface area contributed by atoms with Gasteiger partial charge >= 0.3 is 5.97 Å².